The number of aromatic nitrogens is 3. The number of anilines is 3. The Bertz CT molecular complexity index is 1100. The van der Waals surface area contributed by atoms with E-state index in [0.717, 1.165) is 5.56 Å². The lowest BCUT2D eigenvalue weighted by Crippen LogP contribution is -2.54. The number of halogens is 1. The van der Waals surface area contributed by atoms with Crippen LogP contribution in [0, 0.1) is 5.82 Å². The highest BCUT2D eigenvalue weighted by molar-refractivity contribution is 7.19. The van der Waals surface area contributed by atoms with Crippen molar-refractivity contribution in [1.82, 2.24) is 15.0 Å². The summed E-state index contributed by atoms with van der Waals surface area (Å²) < 4.78 is 13.4. The van der Waals surface area contributed by atoms with Crippen molar-refractivity contribution in [3.05, 3.63) is 36.3 Å². The van der Waals surface area contributed by atoms with E-state index in [1.54, 1.807) is 30.3 Å². The van der Waals surface area contributed by atoms with Crippen LogP contribution in [-0.4, -0.2) is 40.0 Å². The standard InChI is InChI=1S/C21H23FN6OS/c1-5-14-20(29)27(4)15-10-24-18(26-19(15)28(14)11(2)3)17-16(25-21(23)30-17)12-6-8-13(22)9-7-12/h6-11,14H,5H2,1-4H3,(H2,23,25). The molecule has 7 nitrogen and oxygen atoms in total. The van der Waals surface area contributed by atoms with Gasteiger partial charge in [-0.15, -0.1) is 0 Å². The van der Waals surface area contributed by atoms with E-state index >= 15 is 0 Å². The van der Waals surface area contributed by atoms with Gasteiger partial charge >= 0.3 is 0 Å². The molecule has 30 heavy (non-hydrogen) atoms. The van der Waals surface area contributed by atoms with Crippen LogP contribution < -0.4 is 15.5 Å². The van der Waals surface area contributed by atoms with E-state index in [1.807, 2.05) is 25.7 Å². The summed E-state index contributed by atoms with van der Waals surface area (Å²) in [5, 5.41) is 0.380. The van der Waals surface area contributed by atoms with Gasteiger partial charge in [0.05, 0.1) is 11.9 Å². The lowest BCUT2D eigenvalue weighted by atomic mass is 10.1. The molecule has 1 aliphatic heterocycles. The fourth-order valence-electron chi connectivity index (χ4n) is 3.78. The first-order chi connectivity index (χ1) is 14.3. The fourth-order valence-corrected chi connectivity index (χ4v) is 4.57. The first-order valence-electron chi connectivity index (χ1n) is 9.77. The number of likely N-dealkylation sites (N-methyl/N-ethyl adjacent to an activating group) is 1. The Labute approximate surface area is 178 Å². The number of nitrogens with two attached hydrogens (primary N) is 1. The molecule has 0 saturated heterocycles. The number of thiazole rings is 1. The van der Waals surface area contributed by atoms with Gasteiger partial charge in [-0.1, -0.05) is 18.3 Å². The van der Waals surface area contributed by atoms with E-state index < -0.39 is 0 Å². The largest absolute Gasteiger partial charge is 0.375 e. The van der Waals surface area contributed by atoms with Gasteiger partial charge in [0.15, 0.2) is 16.8 Å². The second-order valence-electron chi connectivity index (χ2n) is 7.46. The second-order valence-corrected chi connectivity index (χ2v) is 8.49. The van der Waals surface area contributed by atoms with Crippen molar-refractivity contribution in [3.8, 4) is 22.0 Å². The monoisotopic (exact) mass is 426 g/mol. The highest BCUT2D eigenvalue weighted by atomic mass is 32.1. The van der Waals surface area contributed by atoms with Gasteiger partial charge in [-0.05, 0) is 44.5 Å². The Morgan fingerprint density at radius 1 is 1.23 bits per heavy atom. The Kier molecular flexibility index (Phi) is 5.15. The van der Waals surface area contributed by atoms with Gasteiger partial charge in [-0.3, -0.25) is 4.79 Å². The summed E-state index contributed by atoms with van der Waals surface area (Å²) >= 11 is 1.28. The molecule has 2 aromatic heterocycles. The van der Waals surface area contributed by atoms with Crippen LogP contribution >= 0.6 is 11.3 Å². The molecule has 2 N–H and O–H groups in total. The maximum atomic E-state index is 13.4. The lowest BCUT2D eigenvalue weighted by molar-refractivity contribution is -0.120. The summed E-state index contributed by atoms with van der Waals surface area (Å²) in [6.45, 7) is 6.08. The van der Waals surface area contributed by atoms with E-state index in [1.165, 1.54) is 23.5 Å². The van der Waals surface area contributed by atoms with E-state index in [-0.39, 0.29) is 23.8 Å². The zero-order valence-corrected chi connectivity index (χ0v) is 18.1. The predicted molar refractivity (Wildman–Crippen MR) is 118 cm³/mol. The molecule has 3 aromatic rings. The zero-order chi connectivity index (χ0) is 21.6. The van der Waals surface area contributed by atoms with Crippen LogP contribution in [0.1, 0.15) is 27.2 Å². The van der Waals surface area contributed by atoms with E-state index in [2.05, 4.69) is 9.97 Å². The Morgan fingerprint density at radius 3 is 2.57 bits per heavy atom. The molecular formula is C21H23FN6OS. The average Bonchev–Trinajstić information content (AvgIpc) is 3.12. The molecule has 1 aliphatic rings. The normalized spacial score (nSPS) is 16.3. The molecule has 0 radical (unpaired) electrons. The summed E-state index contributed by atoms with van der Waals surface area (Å²) in [7, 11) is 1.75. The minimum absolute atomic E-state index is 0.0316. The first kappa shape index (κ1) is 20.2. The SMILES string of the molecule is CCC1C(=O)N(C)c2cnc(-c3sc(N)nc3-c3ccc(F)cc3)nc2N1C(C)C. The molecule has 3 heterocycles. The number of amides is 1. The van der Waals surface area contributed by atoms with Crippen molar-refractivity contribution in [3.63, 3.8) is 0 Å². The minimum Gasteiger partial charge on any atom is -0.375 e. The summed E-state index contributed by atoms with van der Waals surface area (Å²) in [4.78, 5) is 31.0. The predicted octanol–water partition coefficient (Wildman–Crippen LogP) is 3.96. The Morgan fingerprint density at radius 2 is 1.93 bits per heavy atom. The molecule has 0 bridgehead atoms. The van der Waals surface area contributed by atoms with Gasteiger partial charge in [-0.2, -0.15) is 0 Å². The number of nitrogens with zero attached hydrogens (tertiary/aromatic N) is 5. The van der Waals surface area contributed by atoms with Crippen LogP contribution in [0.15, 0.2) is 30.5 Å². The highest BCUT2D eigenvalue weighted by Crippen LogP contribution is 2.40. The van der Waals surface area contributed by atoms with E-state index in [0.29, 0.717) is 39.5 Å². The molecule has 0 aliphatic carbocycles. The van der Waals surface area contributed by atoms with Crippen LogP contribution in [0.5, 0.6) is 0 Å². The smallest absolute Gasteiger partial charge is 0.249 e. The fraction of sp³-hybridized carbons (Fsp3) is 0.333. The molecular weight excluding hydrogens is 403 g/mol. The maximum Gasteiger partial charge on any atom is 0.249 e. The Balaban J connectivity index is 1.87. The van der Waals surface area contributed by atoms with Crippen LogP contribution in [0.25, 0.3) is 22.0 Å². The summed E-state index contributed by atoms with van der Waals surface area (Å²) in [5.74, 6) is 0.898. The van der Waals surface area contributed by atoms with Crippen LogP contribution in [-0.2, 0) is 4.79 Å². The van der Waals surface area contributed by atoms with Crippen LogP contribution in [0.4, 0.5) is 21.0 Å². The topological polar surface area (TPSA) is 88.2 Å². The van der Waals surface area contributed by atoms with Crippen molar-refractivity contribution in [2.24, 2.45) is 0 Å². The number of hydrogen-bond donors (Lipinski definition) is 1. The van der Waals surface area contributed by atoms with Crippen molar-refractivity contribution < 1.29 is 9.18 Å². The number of carbonyl (C=O) groups excluding carboxylic acids is 1. The van der Waals surface area contributed by atoms with Crippen molar-refractivity contribution in [2.75, 3.05) is 22.6 Å². The van der Waals surface area contributed by atoms with Crippen LogP contribution in [0.2, 0.25) is 0 Å². The van der Waals surface area contributed by atoms with Gasteiger partial charge in [0.1, 0.15) is 22.4 Å². The molecule has 0 fully saturated rings. The minimum atomic E-state index is -0.320. The third-order valence-electron chi connectivity index (χ3n) is 5.21. The molecule has 1 amide bonds. The number of carbonyl (C=O) groups is 1. The summed E-state index contributed by atoms with van der Waals surface area (Å²) in [6, 6.07) is 5.88. The van der Waals surface area contributed by atoms with Crippen LogP contribution in [0.3, 0.4) is 0 Å². The van der Waals surface area contributed by atoms with Gasteiger partial charge in [-0.25, -0.2) is 19.3 Å². The number of fused-ring (bicyclic) bond motifs is 1. The molecule has 9 heteroatoms. The molecule has 1 aromatic carbocycles. The first-order valence-corrected chi connectivity index (χ1v) is 10.6. The molecule has 1 unspecified atom stereocenters. The molecule has 0 spiro atoms. The third kappa shape index (κ3) is 3.28. The summed E-state index contributed by atoms with van der Waals surface area (Å²) in [6.07, 6.45) is 2.34. The Hall–Kier alpha value is -3.07. The zero-order valence-electron chi connectivity index (χ0n) is 17.3. The number of nitrogen functional groups attached to an aromatic ring is 1. The van der Waals surface area contributed by atoms with Gasteiger partial charge < -0.3 is 15.5 Å². The summed E-state index contributed by atoms with van der Waals surface area (Å²) in [5.41, 5.74) is 8.01. The van der Waals surface area contributed by atoms with Crippen molar-refractivity contribution in [2.45, 2.75) is 39.3 Å². The quantitative estimate of drug-likeness (QED) is 0.679. The van der Waals surface area contributed by atoms with Gasteiger partial charge in [0.2, 0.25) is 5.91 Å². The number of hydrogen-bond acceptors (Lipinski definition) is 7. The number of rotatable bonds is 4. The molecule has 156 valence electrons. The van der Waals surface area contributed by atoms with Crippen molar-refractivity contribution in [1.29, 1.82) is 0 Å². The van der Waals surface area contributed by atoms with Crippen molar-refractivity contribution >= 4 is 33.9 Å². The highest BCUT2D eigenvalue weighted by Gasteiger charge is 2.38. The van der Waals surface area contributed by atoms with Gasteiger partial charge in [0.25, 0.3) is 0 Å². The molecule has 0 saturated carbocycles. The molecule has 1 atom stereocenters. The lowest BCUT2D eigenvalue weighted by Gasteiger charge is -2.42. The number of benzene rings is 1. The van der Waals surface area contributed by atoms with E-state index in [9.17, 15) is 9.18 Å². The molecule has 4 rings (SSSR count). The maximum absolute atomic E-state index is 13.4. The second kappa shape index (κ2) is 7.64. The average molecular weight is 427 g/mol. The third-order valence-corrected chi connectivity index (χ3v) is 6.10. The van der Waals surface area contributed by atoms with Gasteiger partial charge in [0, 0.05) is 18.7 Å². The van der Waals surface area contributed by atoms with E-state index in [4.69, 9.17) is 10.7 Å².